The fourth-order valence-corrected chi connectivity index (χ4v) is 1.60. The molecular weight excluding hydrogens is 128 g/mol. The molecule has 0 spiro atoms. The van der Waals surface area contributed by atoms with Crippen LogP contribution in [0, 0.1) is 0 Å². The first-order valence-electron chi connectivity index (χ1n) is 3.31. The van der Waals surface area contributed by atoms with Gasteiger partial charge in [-0.1, -0.05) is 18.2 Å². The van der Waals surface area contributed by atoms with Crippen LogP contribution in [0.25, 0.3) is 10.1 Å². The molecule has 2 aromatic rings. The Morgan fingerprint density at radius 3 is 3.22 bits per heavy atom. The van der Waals surface area contributed by atoms with Crippen molar-refractivity contribution in [3.05, 3.63) is 35.7 Å². The van der Waals surface area contributed by atoms with Gasteiger partial charge < -0.3 is 0 Å². The van der Waals surface area contributed by atoms with Crippen LogP contribution in [0.2, 0.25) is 0 Å². The molecule has 0 atom stereocenters. The molecule has 0 aliphatic carbocycles. The molecule has 0 amide bonds. The predicted molar refractivity (Wildman–Crippen MR) is 41.8 cm³/mol. The molecule has 0 radical (unpaired) electrons. The van der Waals surface area contributed by atoms with Crippen LogP contribution >= 0.6 is 11.3 Å². The Morgan fingerprint density at radius 2 is 2.33 bits per heavy atom. The Bertz CT molecular complexity index is 351. The predicted octanol–water partition coefficient (Wildman–Crippen LogP) is 2.90. The number of benzene rings is 1. The van der Waals surface area contributed by atoms with Crippen molar-refractivity contribution < 1.29 is 1.37 Å². The van der Waals surface area contributed by atoms with Gasteiger partial charge in [0.15, 0.2) is 0 Å². The first kappa shape index (κ1) is 4.07. The fraction of sp³-hybridized carbons (Fsp3) is 0. The van der Waals surface area contributed by atoms with Crippen molar-refractivity contribution in [2.45, 2.75) is 0 Å². The van der Waals surface area contributed by atoms with E-state index < -0.39 is 0 Å². The molecule has 0 unspecified atom stereocenters. The van der Waals surface area contributed by atoms with Gasteiger partial charge in [0.05, 0.1) is 1.37 Å². The van der Waals surface area contributed by atoms with Gasteiger partial charge in [0.1, 0.15) is 0 Å². The Labute approximate surface area is 59.2 Å². The third-order valence-electron chi connectivity index (χ3n) is 1.28. The summed E-state index contributed by atoms with van der Waals surface area (Å²) in [5.74, 6) is 0. The highest BCUT2D eigenvalue weighted by molar-refractivity contribution is 7.17. The van der Waals surface area contributed by atoms with E-state index in [0.717, 1.165) is 4.70 Å². The van der Waals surface area contributed by atoms with Crippen LogP contribution in [-0.4, -0.2) is 0 Å². The largest absolute Gasteiger partial charge is 0.144 e. The first-order valence-corrected chi connectivity index (χ1v) is 3.69. The molecule has 0 aliphatic rings. The van der Waals surface area contributed by atoms with E-state index in [1.54, 1.807) is 11.3 Å². The van der Waals surface area contributed by atoms with Crippen LogP contribution in [-0.2, 0) is 0 Å². The molecule has 1 aromatic carbocycles. The lowest BCUT2D eigenvalue weighted by molar-refractivity contribution is 1.86. The van der Waals surface area contributed by atoms with Gasteiger partial charge in [0.2, 0.25) is 0 Å². The minimum absolute atomic E-state index is 0.632. The van der Waals surface area contributed by atoms with E-state index in [4.69, 9.17) is 1.37 Å². The van der Waals surface area contributed by atoms with Gasteiger partial charge in [-0.2, -0.15) is 0 Å². The highest BCUT2D eigenvalue weighted by Gasteiger charge is 1.87. The van der Waals surface area contributed by atoms with E-state index in [0.29, 0.717) is 6.04 Å². The Morgan fingerprint density at radius 1 is 1.33 bits per heavy atom. The smallest absolute Gasteiger partial charge is 0.0638 e. The lowest BCUT2D eigenvalue weighted by atomic mass is 10.3. The maximum Gasteiger partial charge on any atom is 0.0638 e. The lowest BCUT2D eigenvalue weighted by Crippen LogP contribution is -1.56. The van der Waals surface area contributed by atoms with Gasteiger partial charge in [0.25, 0.3) is 0 Å². The molecule has 0 saturated heterocycles. The molecule has 44 valence electrons. The number of thiophene rings is 1. The molecule has 1 heteroatoms. The third kappa shape index (κ3) is 0.736. The maximum atomic E-state index is 7.49. The molecule has 0 aliphatic heterocycles. The molecular formula is C8H6S. The van der Waals surface area contributed by atoms with Crippen molar-refractivity contribution in [1.29, 1.82) is 0 Å². The summed E-state index contributed by atoms with van der Waals surface area (Å²) in [4.78, 5) is 0. The van der Waals surface area contributed by atoms with Gasteiger partial charge in [-0.05, 0) is 22.9 Å². The van der Waals surface area contributed by atoms with Gasteiger partial charge >= 0.3 is 0 Å². The SMILES string of the molecule is [2H]c1cccc2ccsc12. The molecule has 0 bridgehead atoms. The van der Waals surface area contributed by atoms with Gasteiger partial charge in [-0.3, -0.25) is 0 Å². The normalized spacial score (nSPS) is 11.8. The van der Waals surface area contributed by atoms with Crippen LogP contribution in [0.1, 0.15) is 1.37 Å². The summed E-state index contributed by atoms with van der Waals surface area (Å²) in [6.45, 7) is 0. The standard InChI is InChI=1S/C8H6S/c1-2-4-8-7(3-1)5-6-9-8/h1-6H/i4D. The molecule has 1 aromatic heterocycles. The van der Waals surface area contributed by atoms with Gasteiger partial charge in [-0.15, -0.1) is 11.3 Å². The molecule has 0 saturated carbocycles. The van der Waals surface area contributed by atoms with Crippen molar-refractivity contribution >= 4 is 21.4 Å². The van der Waals surface area contributed by atoms with Crippen molar-refractivity contribution in [3.8, 4) is 0 Å². The van der Waals surface area contributed by atoms with Crippen LogP contribution in [0.5, 0.6) is 0 Å². The average molecular weight is 135 g/mol. The van der Waals surface area contributed by atoms with Crippen molar-refractivity contribution in [1.82, 2.24) is 0 Å². The number of hydrogen-bond donors (Lipinski definition) is 0. The molecule has 9 heavy (non-hydrogen) atoms. The summed E-state index contributed by atoms with van der Waals surface area (Å²) in [6.07, 6.45) is 0. The second-order valence-corrected chi connectivity index (χ2v) is 2.79. The average Bonchev–Trinajstić information content (AvgIpc) is 2.36. The van der Waals surface area contributed by atoms with Gasteiger partial charge in [0, 0.05) is 4.70 Å². The second kappa shape index (κ2) is 1.85. The lowest BCUT2D eigenvalue weighted by Gasteiger charge is -1.82. The molecule has 0 N–H and O–H groups in total. The Hall–Kier alpha value is -0.820. The van der Waals surface area contributed by atoms with E-state index in [1.165, 1.54) is 5.39 Å². The summed E-state index contributed by atoms with van der Waals surface area (Å²) in [5.41, 5.74) is 0. The van der Waals surface area contributed by atoms with Crippen LogP contribution in [0.4, 0.5) is 0 Å². The van der Waals surface area contributed by atoms with E-state index in [2.05, 4.69) is 0 Å². The highest BCUT2D eigenvalue weighted by atomic mass is 32.1. The zero-order chi connectivity index (χ0) is 6.97. The van der Waals surface area contributed by atoms with Crippen LogP contribution in [0.15, 0.2) is 35.7 Å². The quantitative estimate of drug-likeness (QED) is 0.521. The third-order valence-corrected chi connectivity index (χ3v) is 2.14. The van der Waals surface area contributed by atoms with Crippen LogP contribution < -0.4 is 0 Å². The Kier molecular flexibility index (Phi) is 0.836. The zero-order valence-corrected chi connectivity index (χ0v) is 5.61. The zero-order valence-electron chi connectivity index (χ0n) is 5.79. The van der Waals surface area contributed by atoms with E-state index in [-0.39, 0.29) is 0 Å². The van der Waals surface area contributed by atoms with Gasteiger partial charge in [-0.25, -0.2) is 0 Å². The minimum Gasteiger partial charge on any atom is -0.144 e. The second-order valence-electron chi connectivity index (χ2n) is 1.88. The topological polar surface area (TPSA) is 0 Å². The summed E-state index contributed by atoms with van der Waals surface area (Å²) in [5, 5.41) is 3.19. The van der Waals surface area contributed by atoms with Crippen molar-refractivity contribution in [2.24, 2.45) is 0 Å². The van der Waals surface area contributed by atoms with E-state index in [9.17, 15) is 0 Å². The molecule has 0 fully saturated rings. The number of rotatable bonds is 0. The summed E-state index contributed by atoms with van der Waals surface area (Å²) in [7, 11) is 0. The molecule has 2 rings (SSSR count). The highest BCUT2D eigenvalue weighted by Crippen LogP contribution is 2.18. The summed E-state index contributed by atoms with van der Waals surface area (Å²) in [6, 6.07) is 8.44. The number of fused-ring (bicyclic) bond motifs is 1. The molecule has 0 nitrogen and oxygen atoms in total. The monoisotopic (exact) mass is 135 g/mol. The van der Waals surface area contributed by atoms with Crippen LogP contribution in [0.3, 0.4) is 0 Å². The molecule has 1 heterocycles. The van der Waals surface area contributed by atoms with Crippen molar-refractivity contribution in [3.63, 3.8) is 0 Å². The number of hydrogen-bond acceptors (Lipinski definition) is 1. The van der Waals surface area contributed by atoms with Crippen molar-refractivity contribution in [2.75, 3.05) is 0 Å². The van der Waals surface area contributed by atoms with E-state index >= 15 is 0 Å². The maximum absolute atomic E-state index is 7.49. The first-order chi connectivity index (χ1) is 4.88. The van der Waals surface area contributed by atoms with E-state index in [1.807, 2.05) is 29.6 Å². The summed E-state index contributed by atoms with van der Waals surface area (Å²) < 4.78 is 8.58. The fourth-order valence-electron chi connectivity index (χ4n) is 0.843. The minimum atomic E-state index is 0.632. The summed E-state index contributed by atoms with van der Waals surface area (Å²) >= 11 is 1.63. The Balaban J connectivity index is 2.95.